The number of methoxy groups -OCH3 is 1. The molecular weight excluding hydrogens is 373 g/mol. The van der Waals surface area contributed by atoms with Crippen molar-refractivity contribution in [1.82, 2.24) is 14.8 Å². The van der Waals surface area contributed by atoms with E-state index in [9.17, 15) is 9.18 Å². The Hall–Kier alpha value is -3.74. The third-order valence-corrected chi connectivity index (χ3v) is 4.48. The quantitative estimate of drug-likeness (QED) is 0.502. The fraction of sp³-hybridized carbons (Fsp3) is 0.136. The average Bonchev–Trinajstić information content (AvgIpc) is 2.75. The zero-order valence-corrected chi connectivity index (χ0v) is 15.7. The Morgan fingerprint density at radius 3 is 2.66 bits per heavy atom. The van der Waals surface area contributed by atoms with Gasteiger partial charge in [-0.1, -0.05) is 0 Å². The first-order valence-corrected chi connectivity index (χ1v) is 9.04. The van der Waals surface area contributed by atoms with E-state index in [0.717, 1.165) is 22.2 Å². The molecule has 2 heterocycles. The van der Waals surface area contributed by atoms with Gasteiger partial charge >= 0.3 is 0 Å². The van der Waals surface area contributed by atoms with Crippen LogP contribution in [0.25, 0.3) is 22.2 Å². The van der Waals surface area contributed by atoms with Gasteiger partial charge < -0.3 is 9.47 Å². The maximum atomic E-state index is 13.1. The first kappa shape index (κ1) is 18.6. The minimum atomic E-state index is -0.322. The topological polar surface area (TPSA) is 66.2 Å². The molecule has 0 aliphatic carbocycles. The highest BCUT2D eigenvalue weighted by Crippen LogP contribution is 2.27. The summed E-state index contributed by atoms with van der Waals surface area (Å²) in [7, 11) is 1.60. The van der Waals surface area contributed by atoms with Crippen LogP contribution in [0, 0.1) is 5.82 Å². The van der Waals surface area contributed by atoms with Crippen molar-refractivity contribution < 1.29 is 13.9 Å². The van der Waals surface area contributed by atoms with Crippen LogP contribution in [0.3, 0.4) is 0 Å². The molecule has 0 fully saturated rings. The van der Waals surface area contributed by atoms with Crippen LogP contribution in [0.5, 0.6) is 11.5 Å². The molecule has 4 aromatic rings. The number of hydrogen-bond acceptors (Lipinski definition) is 5. The van der Waals surface area contributed by atoms with E-state index in [4.69, 9.17) is 9.47 Å². The molecule has 0 aliphatic heterocycles. The standard InChI is InChI=1S/C22H18FN3O3/c1-28-17-6-7-18-20(14-17)24-11-10-21(18)29-13-12-26-22(27)9-8-19(25-26)15-2-4-16(23)5-3-15/h2-11,14H,12-13H2,1H3. The number of benzene rings is 2. The van der Waals surface area contributed by atoms with E-state index in [0.29, 0.717) is 11.4 Å². The number of aromatic nitrogens is 3. The van der Waals surface area contributed by atoms with Crippen LogP contribution < -0.4 is 15.0 Å². The van der Waals surface area contributed by atoms with E-state index >= 15 is 0 Å². The SMILES string of the molecule is COc1ccc2c(OCCn3nc(-c4ccc(F)cc4)ccc3=O)ccnc2c1. The molecule has 0 radical (unpaired) electrons. The first-order valence-electron chi connectivity index (χ1n) is 9.04. The molecule has 4 rings (SSSR count). The van der Waals surface area contributed by atoms with Crippen molar-refractivity contribution in [3.8, 4) is 22.8 Å². The summed E-state index contributed by atoms with van der Waals surface area (Å²) in [6.07, 6.45) is 1.66. The Kier molecular flexibility index (Phi) is 5.20. The molecular formula is C22H18FN3O3. The van der Waals surface area contributed by atoms with Gasteiger partial charge in [0.1, 0.15) is 23.9 Å². The molecule has 7 heteroatoms. The summed E-state index contributed by atoms with van der Waals surface area (Å²) in [6.45, 7) is 0.527. The fourth-order valence-corrected chi connectivity index (χ4v) is 2.98. The highest BCUT2D eigenvalue weighted by Gasteiger charge is 2.07. The number of pyridine rings is 1. The molecule has 0 spiro atoms. The number of hydrogen-bond donors (Lipinski definition) is 0. The molecule has 0 aliphatic rings. The van der Waals surface area contributed by atoms with Crippen molar-refractivity contribution in [1.29, 1.82) is 0 Å². The largest absolute Gasteiger partial charge is 0.497 e. The predicted octanol–water partition coefficient (Wildman–Crippen LogP) is 3.69. The molecule has 146 valence electrons. The van der Waals surface area contributed by atoms with Gasteiger partial charge in [-0.25, -0.2) is 9.07 Å². The molecule has 0 amide bonds. The van der Waals surface area contributed by atoms with Crippen molar-refractivity contribution >= 4 is 10.9 Å². The van der Waals surface area contributed by atoms with E-state index in [2.05, 4.69) is 10.1 Å². The summed E-state index contributed by atoms with van der Waals surface area (Å²) in [5, 5.41) is 5.22. The lowest BCUT2D eigenvalue weighted by Gasteiger charge is -2.11. The van der Waals surface area contributed by atoms with Crippen molar-refractivity contribution in [3.05, 3.63) is 83.0 Å². The van der Waals surface area contributed by atoms with E-state index in [-0.39, 0.29) is 24.5 Å². The predicted molar refractivity (Wildman–Crippen MR) is 108 cm³/mol. The maximum absolute atomic E-state index is 13.1. The monoisotopic (exact) mass is 391 g/mol. The van der Waals surface area contributed by atoms with Gasteiger partial charge in [0.2, 0.25) is 0 Å². The summed E-state index contributed by atoms with van der Waals surface area (Å²) in [5.74, 6) is 1.06. The third kappa shape index (κ3) is 4.08. The normalized spacial score (nSPS) is 10.8. The lowest BCUT2D eigenvalue weighted by Crippen LogP contribution is -2.25. The van der Waals surface area contributed by atoms with Crippen LogP contribution in [0.2, 0.25) is 0 Å². The van der Waals surface area contributed by atoms with Crippen LogP contribution in [-0.2, 0) is 6.54 Å². The Labute approximate surface area is 166 Å². The zero-order chi connectivity index (χ0) is 20.2. The summed E-state index contributed by atoms with van der Waals surface area (Å²) >= 11 is 0. The van der Waals surface area contributed by atoms with Crippen molar-refractivity contribution in [3.63, 3.8) is 0 Å². The van der Waals surface area contributed by atoms with Crippen molar-refractivity contribution in [2.45, 2.75) is 6.54 Å². The molecule has 0 bridgehead atoms. The highest BCUT2D eigenvalue weighted by atomic mass is 19.1. The van der Waals surface area contributed by atoms with Gasteiger partial charge in [0, 0.05) is 29.3 Å². The highest BCUT2D eigenvalue weighted by molar-refractivity contribution is 5.85. The van der Waals surface area contributed by atoms with Gasteiger partial charge in [0.15, 0.2) is 0 Å². The fourth-order valence-electron chi connectivity index (χ4n) is 2.98. The lowest BCUT2D eigenvalue weighted by molar-refractivity contribution is 0.291. The average molecular weight is 391 g/mol. The smallest absolute Gasteiger partial charge is 0.266 e. The summed E-state index contributed by atoms with van der Waals surface area (Å²) in [5.41, 5.74) is 1.85. The van der Waals surface area contributed by atoms with Gasteiger partial charge in [0.25, 0.3) is 5.56 Å². The van der Waals surface area contributed by atoms with Gasteiger partial charge in [-0.3, -0.25) is 9.78 Å². The van der Waals surface area contributed by atoms with Crippen molar-refractivity contribution in [2.24, 2.45) is 0 Å². The molecule has 29 heavy (non-hydrogen) atoms. The van der Waals surface area contributed by atoms with Crippen LogP contribution >= 0.6 is 0 Å². The second-order valence-electron chi connectivity index (χ2n) is 6.33. The van der Waals surface area contributed by atoms with Crippen LogP contribution in [0.4, 0.5) is 4.39 Å². The Bertz CT molecular complexity index is 1210. The van der Waals surface area contributed by atoms with E-state index in [1.807, 2.05) is 18.2 Å². The Balaban J connectivity index is 1.51. The number of nitrogens with zero attached hydrogens (tertiary/aromatic N) is 3. The molecule has 0 N–H and O–H groups in total. The number of halogens is 1. The molecule has 0 unspecified atom stereocenters. The van der Waals surface area contributed by atoms with Crippen molar-refractivity contribution in [2.75, 3.05) is 13.7 Å². The van der Waals surface area contributed by atoms with Crippen LogP contribution in [-0.4, -0.2) is 28.5 Å². The number of fused-ring (bicyclic) bond motifs is 1. The lowest BCUT2D eigenvalue weighted by atomic mass is 10.1. The van der Waals surface area contributed by atoms with Gasteiger partial charge in [-0.05, 0) is 48.5 Å². The van der Waals surface area contributed by atoms with E-state index in [1.165, 1.54) is 22.9 Å². The second kappa shape index (κ2) is 8.10. The number of rotatable bonds is 6. The van der Waals surface area contributed by atoms with E-state index < -0.39 is 0 Å². The molecule has 6 nitrogen and oxygen atoms in total. The first-order chi connectivity index (χ1) is 14.1. The maximum Gasteiger partial charge on any atom is 0.266 e. The summed E-state index contributed by atoms with van der Waals surface area (Å²) in [6, 6.07) is 16.4. The molecule has 2 aromatic carbocycles. The molecule has 0 atom stereocenters. The van der Waals surface area contributed by atoms with Gasteiger partial charge in [-0.15, -0.1) is 0 Å². The Morgan fingerprint density at radius 2 is 1.86 bits per heavy atom. The second-order valence-corrected chi connectivity index (χ2v) is 6.33. The third-order valence-electron chi connectivity index (χ3n) is 4.48. The Morgan fingerprint density at radius 1 is 1.03 bits per heavy atom. The number of ether oxygens (including phenoxy) is 2. The summed E-state index contributed by atoms with van der Waals surface area (Å²) in [4.78, 5) is 16.5. The van der Waals surface area contributed by atoms with Gasteiger partial charge in [0.05, 0.1) is 24.9 Å². The summed E-state index contributed by atoms with van der Waals surface area (Å²) < 4.78 is 25.6. The minimum absolute atomic E-state index is 0.233. The van der Waals surface area contributed by atoms with Gasteiger partial charge in [-0.2, -0.15) is 5.10 Å². The zero-order valence-electron chi connectivity index (χ0n) is 15.7. The minimum Gasteiger partial charge on any atom is -0.497 e. The molecule has 0 saturated heterocycles. The van der Waals surface area contributed by atoms with Crippen LogP contribution in [0.15, 0.2) is 71.7 Å². The van der Waals surface area contributed by atoms with Crippen LogP contribution in [0.1, 0.15) is 0 Å². The van der Waals surface area contributed by atoms with E-state index in [1.54, 1.807) is 37.6 Å². The molecule has 0 saturated carbocycles. The molecule has 2 aromatic heterocycles.